The molecule has 2 nitrogen and oxygen atoms in total. The van der Waals surface area contributed by atoms with Crippen molar-refractivity contribution in [2.75, 3.05) is 0 Å². The van der Waals surface area contributed by atoms with Gasteiger partial charge < -0.3 is 0 Å². The highest BCUT2D eigenvalue weighted by atomic mass is 19.1. The van der Waals surface area contributed by atoms with Crippen LogP contribution < -0.4 is 0 Å². The predicted octanol–water partition coefficient (Wildman–Crippen LogP) is 2.63. The lowest BCUT2D eigenvalue weighted by Crippen LogP contribution is -2.06. The summed E-state index contributed by atoms with van der Waals surface area (Å²) in [6.45, 7) is 0. The molecular formula is C13H9FN2. The fourth-order valence-electron chi connectivity index (χ4n) is 1.80. The van der Waals surface area contributed by atoms with Crippen LogP contribution in [0.3, 0.4) is 0 Å². The molecule has 78 valence electrons. The molecule has 0 saturated carbocycles. The average Bonchev–Trinajstić information content (AvgIpc) is 2.77. The van der Waals surface area contributed by atoms with Crippen molar-refractivity contribution in [1.82, 2.24) is 0 Å². The summed E-state index contributed by atoms with van der Waals surface area (Å²) >= 11 is 0. The number of nitrogens with zero attached hydrogens (tertiary/aromatic N) is 2. The molecule has 0 N–H and O–H groups in total. The van der Waals surface area contributed by atoms with Crippen molar-refractivity contribution in [3.63, 3.8) is 0 Å². The molecule has 0 radical (unpaired) electrons. The Morgan fingerprint density at radius 1 is 1.06 bits per heavy atom. The lowest BCUT2D eigenvalue weighted by molar-refractivity contribution is 0.627. The molecule has 0 spiro atoms. The summed E-state index contributed by atoms with van der Waals surface area (Å²) in [5, 5.41) is 0. The van der Waals surface area contributed by atoms with Crippen LogP contribution in [0.1, 0.15) is 5.56 Å². The Hall–Kier alpha value is -2.03. The van der Waals surface area contributed by atoms with Gasteiger partial charge >= 0.3 is 0 Å². The van der Waals surface area contributed by atoms with E-state index in [1.807, 2.05) is 12.2 Å². The van der Waals surface area contributed by atoms with Crippen LogP contribution >= 0.6 is 0 Å². The first kappa shape index (κ1) is 9.21. The van der Waals surface area contributed by atoms with Crippen LogP contribution in [0, 0.1) is 5.82 Å². The molecule has 2 aliphatic rings. The molecule has 1 aromatic carbocycles. The Labute approximate surface area is 92.6 Å². The molecule has 1 aromatic rings. The average molecular weight is 212 g/mol. The van der Waals surface area contributed by atoms with Crippen molar-refractivity contribution in [2.24, 2.45) is 9.98 Å². The second-order valence-electron chi connectivity index (χ2n) is 3.72. The molecule has 0 amide bonds. The van der Waals surface area contributed by atoms with E-state index in [1.165, 1.54) is 12.1 Å². The van der Waals surface area contributed by atoms with E-state index in [4.69, 9.17) is 0 Å². The lowest BCUT2D eigenvalue weighted by atomic mass is 10.0. The normalized spacial score (nSPS) is 21.7. The lowest BCUT2D eigenvalue weighted by Gasteiger charge is -2.12. The second-order valence-corrected chi connectivity index (χ2v) is 3.72. The van der Waals surface area contributed by atoms with Gasteiger partial charge in [-0.15, -0.1) is 0 Å². The number of halogens is 1. The summed E-state index contributed by atoms with van der Waals surface area (Å²) in [6, 6.07) is 6.42. The first-order valence-electron chi connectivity index (χ1n) is 5.07. The third kappa shape index (κ3) is 1.50. The molecule has 0 aromatic heterocycles. The topological polar surface area (TPSA) is 24.7 Å². The van der Waals surface area contributed by atoms with E-state index in [0.717, 1.165) is 16.7 Å². The highest BCUT2D eigenvalue weighted by Gasteiger charge is 2.16. The number of hydrogen-bond donors (Lipinski definition) is 0. The molecule has 0 unspecified atom stereocenters. The van der Waals surface area contributed by atoms with Crippen LogP contribution in [0.4, 0.5) is 4.39 Å². The first-order chi connectivity index (χ1) is 7.83. The van der Waals surface area contributed by atoms with Crippen LogP contribution in [0.5, 0.6) is 0 Å². The number of allylic oxidation sites excluding steroid dienone is 2. The monoisotopic (exact) mass is 212 g/mol. The minimum atomic E-state index is -0.224. The zero-order valence-electron chi connectivity index (χ0n) is 8.47. The van der Waals surface area contributed by atoms with Gasteiger partial charge in [-0.05, 0) is 29.8 Å². The van der Waals surface area contributed by atoms with Crippen molar-refractivity contribution in [3.05, 3.63) is 53.4 Å². The fraction of sp³-hybridized carbons (Fsp3) is 0.0769. The zero-order valence-corrected chi connectivity index (χ0v) is 8.47. The quantitative estimate of drug-likeness (QED) is 0.683. The van der Waals surface area contributed by atoms with Crippen LogP contribution in [-0.4, -0.2) is 18.6 Å². The third-order valence-electron chi connectivity index (χ3n) is 2.65. The summed E-state index contributed by atoms with van der Waals surface area (Å²) in [5.41, 5.74) is 3.05. The van der Waals surface area contributed by atoms with E-state index >= 15 is 0 Å². The minimum absolute atomic E-state index is 0.0656. The molecule has 0 aliphatic carbocycles. The zero-order chi connectivity index (χ0) is 11.0. The first-order valence-corrected chi connectivity index (χ1v) is 5.07. The van der Waals surface area contributed by atoms with Crippen molar-refractivity contribution in [1.29, 1.82) is 0 Å². The number of rotatable bonds is 1. The smallest absolute Gasteiger partial charge is 0.165 e. The van der Waals surface area contributed by atoms with Crippen LogP contribution in [0.25, 0.3) is 5.57 Å². The number of hydrogen-bond acceptors (Lipinski definition) is 2. The summed E-state index contributed by atoms with van der Waals surface area (Å²) in [4.78, 5) is 8.50. The van der Waals surface area contributed by atoms with Gasteiger partial charge in [-0.1, -0.05) is 12.1 Å². The number of aliphatic imine (C=N–C) groups is 2. The van der Waals surface area contributed by atoms with Crippen molar-refractivity contribution in [2.45, 2.75) is 6.17 Å². The standard InChI is InChI=1S/C13H9FN2/c14-12-3-1-9(2-4-12)11-7-10-5-6-15-13(10)16-8-11/h1-8,13H/t13-/m1/s1. The minimum Gasteiger partial charge on any atom is -0.262 e. The van der Waals surface area contributed by atoms with E-state index in [9.17, 15) is 4.39 Å². The van der Waals surface area contributed by atoms with Crippen LogP contribution in [0.2, 0.25) is 0 Å². The van der Waals surface area contributed by atoms with E-state index < -0.39 is 0 Å². The van der Waals surface area contributed by atoms with Crippen molar-refractivity contribution < 1.29 is 4.39 Å². The fourth-order valence-corrected chi connectivity index (χ4v) is 1.80. The van der Waals surface area contributed by atoms with Gasteiger partial charge in [-0.2, -0.15) is 0 Å². The highest BCUT2D eigenvalue weighted by molar-refractivity contribution is 6.12. The maximum Gasteiger partial charge on any atom is 0.165 e. The molecule has 0 saturated heterocycles. The van der Waals surface area contributed by atoms with Crippen LogP contribution in [-0.2, 0) is 0 Å². The maximum atomic E-state index is 12.8. The van der Waals surface area contributed by atoms with Crippen molar-refractivity contribution in [3.8, 4) is 0 Å². The number of dihydropyridines is 1. The SMILES string of the molecule is Fc1ccc(C2=CC3=CC=N[C@@H]3N=C2)cc1. The van der Waals surface area contributed by atoms with Gasteiger partial charge in [0.25, 0.3) is 0 Å². The summed E-state index contributed by atoms with van der Waals surface area (Å²) in [5.74, 6) is -0.224. The Morgan fingerprint density at radius 2 is 1.88 bits per heavy atom. The van der Waals surface area contributed by atoms with E-state index in [2.05, 4.69) is 9.98 Å². The second kappa shape index (κ2) is 3.52. The molecule has 1 atom stereocenters. The molecule has 0 bridgehead atoms. The maximum absolute atomic E-state index is 12.8. The Bertz CT molecular complexity index is 536. The molecule has 3 rings (SSSR count). The summed E-state index contributed by atoms with van der Waals surface area (Å²) in [6.07, 6.45) is 7.48. The van der Waals surface area contributed by atoms with Gasteiger partial charge in [-0.25, -0.2) is 4.39 Å². The summed E-state index contributed by atoms with van der Waals surface area (Å²) < 4.78 is 12.8. The molecule has 16 heavy (non-hydrogen) atoms. The van der Waals surface area contributed by atoms with Gasteiger partial charge in [0.05, 0.1) is 0 Å². The van der Waals surface area contributed by atoms with Gasteiger partial charge in [0.2, 0.25) is 0 Å². The Morgan fingerprint density at radius 3 is 2.69 bits per heavy atom. The largest absolute Gasteiger partial charge is 0.262 e. The predicted molar refractivity (Wildman–Crippen MR) is 63.2 cm³/mol. The molecule has 2 aliphatic heterocycles. The van der Waals surface area contributed by atoms with Gasteiger partial charge in [0.1, 0.15) is 5.82 Å². The molecule has 2 heterocycles. The Kier molecular flexibility index (Phi) is 2.03. The van der Waals surface area contributed by atoms with E-state index in [0.29, 0.717) is 0 Å². The Balaban J connectivity index is 1.97. The summed E-state index contributed by atoms with van der Waals surface area (Å²) in [7, 11) is 0. The highest BCUT2D eigenvalue weighted by Crippen LogP contribution is 2.24. The molecule has 3 heteroatoms. The number of fused-ring (bicyclic) bond motifs is 1. The van der Waals surface area contributed by atoms with E-state index in [-0.39, 0.29) is 12.0 Å². The van der Waals surface area contributed by atoms with Crippen molar-refractivity contribution >= 4 is 18.0 Å². The third-order valence-corrected chi connectivity index (χ3v) is 2.65. The van der Waals surface area contributed by atoms with E-state index in [1.54, 1.807) is 24.6 Å². The van der Waals surface area contributed by atoms with Gasteiger partial charge in [-0.3, -0.25) is 9.98 Å². The molecule has 0 fully saturated rings. The van der Waals surface area contributed by atoms with Gasteiger partial charge in [0.15, 0.2) is 6.17 Å². The number of benzene rings is 1. The molecular weight excluding hydrogens is 203 g/mol. The van der Waals surface area contributed by atoms with Crippen LogP contribution in [0.15, 0.2) is 52.0 Å². The van der Waals surface area contributed by atoms with Gasteiger partial charge in [0, 0.05) is 23.6 Å².